The van der Waals surface area contributed by atoms with Gasteiger partial charge in [0, 0.05) is 27.4 Å². The lowest BCUT2D eigenvalue weighted by atomic mass is 9.82. The number of fused-ring (bicyclic) bond motifs is 2. The lowest BCUT2D eigenvalue weighted by molar-refractivity contribution is 0.596. The zero-order valence-corrected chi connectivity index (χ0v) is 21.0. The van der Waals surface area contributed by atoms with Crippen molar-refractivity contribution in [2.75, 3.05) is 0 Å². The van der Waals surface area contributed by atoms with Crippen LogP contribution in [0.15, 0.2) is 78.3 Å². The number of hydrogen-bond acceptors (Lipinski definition) is 2. The zero-order valence-electron chi connectivity index (χ0n) is 20.1. The summed E-state index contributed by atoms with van der Waals surface area (Å²) in [5, 5.41) is 6.22. The maximum atomic E-state index is 4.78. The van der Waals surface area contributed by atoms with E-state index < -0.39 is 0 Å². The van der Waals surface area contributed by atoms with Crippen LogP contribution in [-0.2, 0) is 11.8 Å². The molecule has 33 heavy (non-hydrogen) atoms. The van der Waals surface area contributed by atoms with Gasteiger partial charge in [0.15, 0.2) is 0 Å². The third-order valence-corrected chi connectivity index (χ3v) is 7.27. The molecule has 0 N–H and O–H groups in total. The van der Waals surface area contributed by atoms with Crippen molar-refractivity contribution in [3.63, 3.8) is 0 Å². The van der Waals surface area contributed by atoms with E-state index >= 15 is 0 Å². The van der Waals surface area contributed by atoms with Gasteiger partial charge in [0.2, 0.25) is 0 Å². The first kappa shape index (κ1) is 21.9. The monoisotopic (exact) mass is 449 g/mol. The summed E-state index contributed by atoms with van der Waals surface area (Å²) in [6.45, 7) is 11.4. The number of hydrogen-bond donors (Lipinski definition) is 0. The molecule has 0 bridgehead atoms. The summed E-state index contributed by atoms with van der Waals surface area (Å²) in [5.74, 6) is 0.671. The lowest BCUT2D eigenvalue weighted by Gasteiger charge is -2.22. The summed E-state index contributed by atoms with van der Waals surface area (Å²) < 4.78 is 1.36. The summed E-state index contributed by atoms with van der Waals surface area (Å²) >= 11 is 1.84. The molecule has 2 aromatic heterocycles. The van der Waals surface area contributed by atoms with Crippen molar-refractivity contribution in [3.8, 4) is 22.4 Å². The van der Waals surface area contributed by atoms with Crippen LogP contribution in [0.25, 0.3) is 43.2 Å². The second-order valence-electron chi connectivity index (χ2n) is 10.5. The molecule has 0 amide bonds. The van der Waals surface area contributed by atoms with Gasteiger partial charge in [0.1, 0.15) is 0 Å². The van der Waals surface area contributed by atoms with Crippen LogP contribution < -0.4 is 0 Å². The Morgan fingerprint density at radius 3 is 2.45 bits per heavy atom. The summed E-state index contributed by atoms with van der Waals surface area (Å²) in [7, 11) is 0. The molecule has 0 radical (unpaired) electrons. The second-order valence-corrected chi connectivity index (χ2v) is 11.4. The molecular formula is C31H31NS. The number of rotatable bonds is 4. The van der Waals surface area contributed by atoms with Crippen LogP contribution in [-0.4, -0.2) is 4.98 Å². The highest BCUT2D eigenvalue weighted by Crippen LogP contribution is 2.38. The zero-order chi connectivity index (χ0) is 23.2. The molecule has 5 aromatic rings. The van der Waals surface area contributed by atoms with Crippen LogP contribution in [0.2, 0.25) is 0 Å². The van der Waals surface area contributed by atoms with E-state index in [4.69, 9.17) is 4.98 Å². The number of nitrogens with zero attached hydrogens (tertiary/aromatic N) is 1. The fraction of sp³-hybridized carbons (Fsp3) is 0.258. The molecular weight excluding hydrogens is 418 g/mol. The van der Waals surface area contributed by atoms with Gasteiger partial charge in [-0.25, -0.2) is 0 Å². The van der Waals surface area contributed by atoms with E-state index in [1.54, 1.807) is 0 Å². The molecule has 0 spiro atoms. The van der Waals surface area contributed by atoms with Crippen LogP contribution in [0.3, 0.4) is 0 Å². The number of pyridine rings is 1. The molecule has 1 nitrogen and oxygen atoms in total. The molecule has 0 atom stereocenters. The minimum atomic E-state index is 0.0600. The summed E-state index contributed by atoms with van der Waals surface area (Å²) in [4.78, 5) is 4.78. The van der Waals surface area contributed by atoms with E-state index in [1.165, 1.54) is 48.7 Å². The molecule has 0 saturated carbocycles. The Bertz CT molecular complexity index is 1450. The molecule has 166 valence electrons. The van der Waals surface area contributed by atoms with Gasteiger partial charge in [-0.1, -0.05) is 71.0 Å². The summed E-state index contributed by atoms with van der Waals surface area (Å²) in [5.41, 5.74) is 7.58. The highest BCUT2D eigenvalue weighted by molar-refractivity contribution is 7.17. The van der Waals surface area contributed by atoms with Crippen molar-refractivity contribution < 1.29 is 0 Å². The molecule has 0 saturated heterocycles. The van der Waals surface area contributed by atoms with Gasteiger partial charge in [0.05, 0.1) is 5.69 Å². The minimum absolute atomic E-state index is 0.0600. The topological polar surface area (TPSA) is 12.9 Å². The molecule has 0 aliphatic carbocycles. The van der Waals surface area contributed by atoms with E-state index in [1.807, 2.05) is 17.5 Å². The molecule has 0 unspecified atom stereocenters. The average molecular weight is 450 g/mol. The number of benzene rings is 3. The third kappa shape index (κ3) is 4.32. The molecule has 0 fully saturated rings. The van der Waals surface area contributed by atoms with Gasteiger partial charge in [-0.05, 0) is 80.9 Å². The largest absolute Gasteiger partial charge is 0.256 e. The molecule has 2 heteroatoms. The SMILES string of the molecule is CC(C)Cc1ccc2c(-c3ccnc(-c4cc(C(C)(C)C)c5ccccc5c4)c3)csc2c1. The number of aromatic nitrogens is 1. The van der Waals surface area contributed by atoms with Gasteiger partial charge < -0.3 is 0 Å². The predicted octanol–water partition coefficient (Wildman–Crippen LogP) is 9.28. The van der Waals surface area contributed by atoms with Crippen molar-refractivity contribution >= 4 is 32.2 Å². The van der Waals surface area contributed by atoms with E-state index in [2.05, 4.69) is 107 Å². The van der Waals surface area contributed by atoms with E-state index in [0.29, 0.717) is 5.92 Å². The van der Waals surface area contributed by atoms with Gasteiger partial charge in [-0.3, -0.25) is 4.98 Å². The highest BCUT2D eigenvalue weighted by atomic mass is 32.1. The summed E-state index contributed by atoms with van der Waals surface area (Å²) in [6, 6.07) is 24.6. The first-order chi connectivity index (χ1) is 15.8. The van der Waals surface area contributed by atoms with Crippen molar-refractivity contribution in [1.29, 1.82) is 0 Å². The number of thiophene rings is 1. The highest BCUT2D eigenvalue weighted by Gasteiger charge is 2.19. The Kier molecular flexibility index (Phi) is 5.58. The van der Waals surface area contributed by atoms with Gasteiger partial charge in [-0.15, -0.1) is 11.3 Å². The van der Waals surface area contributed by atoms with Crippen LogP contribution in [0.4, 0.5) is 0 Å². The second kappa shape index (κ2) is 8.43. The Morgan fingerprint density at radius 1 is 0.848 bits per heavy atom. The summed E-state index contributed by atoms with van der Waals surface area (Å²) in [6.07, 6.45) is 3.08. The van der Waals surface area contributed by atoms with Crippen LogP contribution in [0.5, 0.6) is 0 Å². The first-order valence-electron chi connectivity index (χ1n) is 11.8. The average Bonchev–Trinajstić information content (AvgIpc) is 3.20. The van der Waals surface area contributed by atoms with Crippen LogP contribution >= 0.6 is 11.3 Å². The van der Waals surface area contributed by atoms with Gasteiger partial charge in [-0.2, -0.15) is 0 Å². The van der Waals surface area contributed by atoms with Crippen molar-refractivity contribution in [2.45, 2.75) is 46.5 Å². The normalized spacial score (nSPS) is 12.2. The third-order valence-electron chi connectivity index (χ3n) is 6.32. The molecule has 3 aromatic carbocycles. The van der Waals surface area contributed by atoms with Crippen LogP contribution in [0, 0.1) is 5.92 Å². The Balaban J connectivity index is 1.60. The Labute approximate surface area is 201 Å². The maximum absolute atomic E-state index is 4.78. The van der Waals surface area contributed by atoms with Crippen molar-refractivity contribution in [2.24, 2.45) is 5.92 Å². The Morgan fingerprint density at radius 2 is 1.67 bits per heavy atom. The minimum Gasteiger partial charge on any atom is -0.256 e. The fourth-order valence-electron chi connectivity index (χ4n) is 4.73. The van der Waals surface area contributed by atoms with Crippen molar-refractivity contribution in [3.05, 3.63) is 89.4 Å². The van der Waals surface area contributed by atoms with Gasteiger partial charge in [0.25, 0.3) is 0 Å². The smallest absolute Gasteiger partial charge is 0.0708 e. The fourth-order valence-corrected chi connectivity index (χ4v) is 5.76. The van der Waals surface area contributed by atoms with Crippen molar-refractivity contribution in [1.82, 2.24) is 4.98 Å². The standard InChI is InChI=1S/C31H31NS/c1-20(2)14-21-10-11-26-27(19-33-30(26)15-21)23-12-13-32-29(18-23)24-16-22-8-6-7-9-25(22)28(17-24)31(3,4)5/h6-13,15-20H,14H2,1-5H3. The van der Waals surface area contributed by atoms with E-state index in [-0.39, 0.29) is 5.41 Å². The maximum Gasteiger partial charge on any atom is 0.0708 e. The quantitative estimate of drug-likeness (QED) is 0.266. The molecule has 0 aliphatic heterocycles. The first-order valence-corrected chi connectivity index (χ1v) is 12.7. The van der Waals surface area contributed by atoms with E-state index in [9.17, 15) is 0 Å². The molecule has 2 heterocycles. The lowest BCUT2D eigenvalue weighted by Crippen LogP contribution is -2.12. The van der Waals surface area contributed by atoms with E-state index in [0.717, 1.165) is 12.1 Å². The molecule has 5 rings (SSSR count). The molecule has 0 aliphatic rings. The predicted molar refractivity (Wildman–Crippen MR) is 145 cm³/mol. The van der Waals surface area contributed by atoms with Crippen LogP contribution in [0.1, 0.15) is 45.7 Å². The Hall–Kier alpha value is -2.97. The van der Waals surface area contributed by atoms with Gasteiger partial charge >= 0.3 is 0 Å².